The van der Waals surface area contributed by atoms with Crippen LogP contribution in [0.4, 0.5) is 0 Å². The van der Waals surface area contributed by atoms with Crippen molar-refractivity contribution in [2.45, 2.75) is 45.3 Å². The summed E-state index contributed by atoms with van der Waals surface area (Å²) < 4.78 is 5.50. The minimum atomic E-state index is -0.389. The van der Waals surface area contributed by atoms with Crippen molar-refractivity contribution < 1.29 is 9.84 Å². The lowest BCUT2D eigenvalue weighted by atomic mass is 10.0. The van der Waals surface area contributed by atoms with E-state index in [4.69, 9.17) is 4.74 Å². The number of aliphatic hydroxyl groups is 1. The Bertz CT molecular complexity index is 528. The Kier molecular flexibility index (Phi) is 6.28. The molecule has 0 aliphatic carbocycles. The maximum absolute atomic E-state index is 10.7. The molecule has 2 fully saturated rings. The summed E-state index contributed by atoms with van der Waals surface area (Å²) >= 11 is 0. The van der Waals surface area contributed by atoms with Crippen LogP contribution in [0.3, 0.4) is 0 Å². The molecule has 24 heavy (non-hydrogen) atoms. The fourth-order valence-electron chi connectivity index (χ4n) is 4.05. The van der Waals surface area contributed by atoms with Gasteiger partial charge in [-0.05, 0) is 57.3 Å². The molecule has 2 saturated heterocycles. The molecule has 2 aliphatic heterocycles. The molecule has 134 valence electrons. The van der Waals surface area contributed by atoms with Crippen LogP contribution in [-0.2, 0) is 4.74 Å². The summed E-state index contributed by atoms with van der Waals surface area (Å²) in [5.41, 5.74) is 3.49. The molecule has 0 saturated carbocycles. The molecule has 2 heterocycles. The van der Waals surface area contributed by atoms with E-state index in [0.29, 0.717) is 6.04 Å². The Balaban J connectivity index is 1.55. The van der Waals surface area contributed by atoms with Crippen molar-refractivity contribution in [3.8, 4) is 0 Å². The van der Waals surface area contributed by atoms with Gasteiger partial charge in [-0.15, -0.1) is 0 Å². The third kappa shape index (κ3) is 4.57. The van der Waals surface area contributed by atoms with Gasteiger partial charge in [0.05, 0.1) is 6.10 Å². The van der Waals surface area contributed by atoms with Crippen molar-refractivity contribution in [2.24, 2.45) is 0 Å². The molecule has 1 atom stereocenters. The molecule has 4 nitrogen and oxygen atoms in total. The van der Waals surface area contributed by atoms with Gasteiger partial charge in [-0.1, -0.05) is 23.8 Å². The Hall–Kier alpha value is -0.940. The minimum Gasteiger partial charge on any atom is -0.387 e. The zero-order valence-corrected chi connectivity index (χ0v) is 15.2. The molecule has 1 aromatic rings. The zero-order valence-electron chi connectivity index (χ0n) is 15.2. The SMILES string of the molecule is Cc1ccc(C)c(C(O)CN2CCCN(C3CCOCC3)CC2)c1. The van der Waals surface area contributed by atoms with Crippen molar-refractivity contribution in [3.63, 3.8) is 0 Å². The summed E-state index contributed by atoms with van der Waals surface area (Å²) in [5, 5.41) is 10.7. The van der Waals surface area contributed by atoms with Gasteiger partial charge in [0.25, 0.3) is 0 Å². The molecule has 3 rings (SSSR count). The molecule has 1 unspecified atom stereocenters. The smallest absolute Gasteiger partial charge is 0.0919 e. The highest BCUT2D eigenvalue weighted by molar-refractivity contribution is 5.32. The summed E-state index contributed by atoms with van der Waals surface area (Å²) in [5.74, 6) is 0. The Morgan fingerprint density at radius 2 is 1.92 bits per heavy atom. The highest BCUT2D eigenvalue weighted by Gasteiger charge is 2.25. The lowest BCUT2D eigenvalue weighted by Crippen LogP contribution is -2.41. The van der Waals surface area contributed by atoms with Gasteiger partial charge in [0.1, 0.15) is 0 Å². The normalized spacial score (nSPS) is 23.1. The fraction of sp³-hybridized carbons (Fsp3) is 0.700. The summed E-state index contributed by atoms with van der Waals surface area (Å²) in [7, 11) is 0. The van der Waals surface area contributed by atoms with Gasteiger partial charge in [-0.2, -0.15) is 0 Å². The van der Waals surface area contributed by atoms with Crippen LogP contribution in [0.5, 0.6) is 0 Å². The number of aryl methyl sites for hydroxylation is 2. The highest BCUT2D eigenvalue weighted by atomic mass is 16.5. The fourth-order valence-corrected chi connectivity index (χ4v) is 4.05. The van der Waals surface area contributed by atoms with Crippen molar-refractivity contribution in [2.75, 3.05) is 45.9 Å². The molecule has 0 aromatic heterocycles. The molecule has 1 aromatic carbocycles. The number of aliphatic hydroxyl groups excluding tert-OH is 1. The van der Waals surface area contributed by atoms with E-state index in [-0.39, 0.29) is 6.10 Å². The molecule has 2 aliphatic rings. The maximum Gasteiger partial charge on any atom is 0.0919 e. The first-order valence-electron chi connectivity index (χ1n) is 9.43. The van der Waals surface area contributed by atoms with Crippen LogP contribution in [0, 0.1) is 13.8 Å². The third-order valence-electron chi connectivity index (χ3n) is 5.56. The quantitative estimate of drug-likeness (QED) is 0.919. The van der Waals surface area contributed by atoms with Crippen molar-refractivity contribution >= 4 is 0 Å². The third-order valence-corrected chi connectivity index (χ3v) is 5.56. The van der Waals surface area contributed by atoms with Crippen LogP contribution >= 0.6 is 0 Å². The van der Waals surface area contributed by atoms with Crippen LogP contribution in [0.15, 0.2) is 18.2 Å². The summed E-state index contributed by atoms with van der Waals surface area (Å²) in [6.45, 7) is 11.2. The van der Waals surface area contributed by atoms with Gasteiger partial charge in [0.15, 0.2) is 0 Å². The van der Waals surface area contributed by atoms with Crippen molar-refractivity contribution in [1.82, 2.24) is 9.80 Å². The molecule has 4 heteroatoms. The second-order valence-corrected chi connectivity index (χ2v) is 7.41. The van der Waals surface area contributed by atoms with Crippen LogP contribution in [-0.4, -0.2) is 66.9 Å². The molecule has 1 N–H and O–H groups in total. The number of nitrogens with zero attached hydrogens (tertiary/aromatic N) is 2. The van der Waals surface area contributed by atoms with Gasteiger partial charge in [-0.3, -0.25) is 9.80 Å². The predicted octanol–water partition coefficient (Wildman–Crippen LogP) is 2.52. The first kappa shape index (κ1) is 17.9. The monoisotopic (exact) mass is 332 g/mol. The number of β-amino-alcohol motifs (C(OH)–C–C–N with tert-alkyl or cyclic N) is 1. The first-order valence-corrected chi connectivity index (χ1v) is 9.43. The van der Waals surface area contributed by atoms with Gasteiger partial charge in [0.2, 0.25) is 0 Å². The largest absolute Gasteiger partial charge is 0.387 e. The molecule has 0 spiro atoms. The number of benzene rings is 1. The molecule has 0 amide bonds. The van der Waals surface area contributed by atoms with E-state index < -0.39 is 0 Å². The van der Waals surface area contributed by atoms with E-state index >= 15 is 0 Å². The Morgan fingerprint density at radius 3 is 2.71 bits per heavy atom. The van der Waals surface area contributed by atoms with Gasteiger partial charge in [0, 0.05) is 38.9 Å². The van der Waals surface area contributed by atoms with Crippen LogP contribution in [0.25, 0.3) is 0 Å². The highest BCUT2D eigenvalue weighted by Crippen LogP contribution is 2.22. The molecule has 0 radical (unpaired) electrons. The summed E-state index contributed by atoms with van der Waals surface area (Å²) in [6.07, 6.45) is 3.15. The summed E-state index contributed by atoms with van der Waals surface area (Å²) in [4.78, 5) is 5.08. The number of ether oxygens (including phenoxy) is 1. The van der Waals surface area contributed by atoms with Gasteiger partial charge >= 0.3 is 0 Å². The van der Waals surface area contributed by atoms with E-state index in [1.807, 2.05) is 0 Å². The van der Waals surface area contributed by atoms with Crippen molar-refractivity contribution in [1.29, 1.82) is 0 Å². The van der Waals surface area contributed by atoms with E-state index in [9.17, 15) is 5.11 Å². The zero-order chi connectivity index (χ0) is 16.9. The second-order valence-electron chi connectivity index (χ2n) is 7.41. The molecule has 0 bridgehead atoms. The average Bonchev–Trinajstić information content (AvgIpc) is 2.83. The van der Waals surface area contributed by atoms with Crippen LogP contribution < -0.4 is 0 Å². The van der Waals surface area contributed by atoms with E-state index in [2.05, 4.69) is 41.8 Å². The topological polar surface area (TPSA) is 35.9 Å². The van der Waals surface area contributed by atoms with Crippen LogP contribution in [0.2, 0.25) is 0 Å². The predicted molar refractivity (Wildman–Crippen MR) is 97.3 cm³/mol. The number of rotatable bonds is 4. The Morgan fingerprint density at radius 1 is 1.12 bits per heavy atom. The second kappa shape index (κ2) is 8.43. The van der Waals surface area contributed by atoms with E-state index in [0.717, 1.165) is 45.0 Å². The minimum absolute atomic E-state index is 0.389. The molecular weight excluding hydrogens is 300 g/mol. The van der Waals surface area contributed by atoms with Crippen molar-refractivity contribution in [3.05, 3.63) is 34.9 Å². The lowest BCUT2D eigenvalue weighted by molar-refractivity contribution is 0.0347. The van der Waals surface area contributed by atoms with E-state index in [1.54, 1.807) is 0 Å². The van der Waals surface area contributed by atoms with Gasteiger partial charge < -0.3 is 9.84 Å². The average molecular weight is 332 g/mol. The standard InChI is InChI=1S/C20H32N2O2/c1-16-4-5-17(2)19(14-16)20(23)15-21-8-3-9-22(11-10-21)18-6-12-24-13-7-18/h4-5,14,18,20,23H,3,6-13,15H2,1-2H3. The first-order chi connectivity index (χ1) is 11.6. The van der Waals surface area contributed by atoms with E-state index in [1.165, 1.54) is 36.9 Å². The Labute approximate surface area is 146 Å². The lowest BCUT2D eigenvalue weighted by Gasteiger charge is -2.33. The van der Waals surface area contributed by atoms with Gasteiger partial charge in [-0.25, -0.2) is 0 Å². The maximum atomic E-state index is 10.7. The summed E-state index contributed by atoms with van der Waals surface area (Å²) in [6, 6.07) is 7.06. The molecular formula is C20H32N2O2. The van der Waals surface area contributed by atoms with Crippen LogP contribution in [0.1, 0.15) is 42.1 Å². The number of hydrogen-bond acceptors (Lipinski definition) is 4. The number of hydrogen-bond donors (Lipinski definition) is 1.